The van der Waals surface area contributed by atoms with E-state index in [1.54, 1.807) is 12.1 Å². The summed E-state index contributed by atoms with van der Waals surface area (Å²) in [6.45, 7) is 1.93. The molecule has 3 atom stereocenters. The van der Waals surface area contributed by atoms with Crippen molar-refractivity contribution in [2.75, 3.05) is 5.75 Å². The molecule has 3 rings (SSSR count). The largest absolute Gasteiger partial charge is 0.392 e. The molecule has 0 amide bonds. The Kier molecular flexibility index (Phi) is 4.06. The van der Waals surface area contributed by atoms with Gasteiger partial charge in [-0.15, -0.1) is 0 Å². The van der Waals surface area contributed by atoms with Crippen molar-refractivity contribution in [3.63, 3.8) is 0 Å². The van der Waals surface area contributed by atoms with Crippen LogP contribution in [0.5, 0.6) is 0 Å². The van der Waals surface area contributed by atoms with Crippen LogP contribution in [0.25, 0.3) is 0 Å². The maximum atomic E-state index is 12.7. The molecule has 1 aliphatic heterocycles. The molecule has 0 fully saturated rings. The first-order chi connectivity index (χ1) is 10.5. The van der Waals surface area contributed by atoms with E-state index in [1.807, 2.05) is 49.4 Å². The summed E-state index contributed by atoms with van der Waals surface area (Å²) in [4.78, 5) is 0.360. The highest BCUT2D eigenvalue weighted by Gasteiger charge is 2.39. The van der Waals surface area contributed by atoms with Crippen LogP contribution >= 0.6 is 0 Å². The van der Waals surface area contributed by atoms with Gasteiger partial charge in [0.1, 0.15) is 0 Å². The molecule has 0 aliphatic carbocycles. The maximum Gasteiger partial charge on any atom is 0.179 e. The van der Waals surface area contributed by atoms with Crippen LogP contribution in [0, 0.1) is 5.92 Å². The standard InChI is InChI=1S/C18H20O3S/c1-2-13-12-22(20,21)16-11-7-6-10-15(16)17(18(13)19)14-8-4-3-5-9-14/h3-11,13,17-19H,2,12H2,1H3/t13-,17+,18+/m0/s1. The van der Waals surface area contributed by atoms with E-state index in [9.17, 15) is 13.5 Å². The molecule has 2 aromatic carbocycles. The van der Waals surface area contributed by atoms with Crippen LogP contribution in [0.3, 0.4) is 0 Å². The lowest BCUT2D eigenvalue weighted by atomic mass is 9.81. The smallest absolute Gasteiger partial charge is 0.179 e. The molecular formula is C18H20O3S. The molecule has 1 N–H and O–H groups in total. The van der Waals surface area contributed by atoms with Gasteiger partial charge in [-0.1, -0.05) is 55.5 Å². The monoisotopic (exact) mass is 316 g/mol. The van der Waals surface area contributed by atoms with Crippen LogP contribution in [-0.4, -0.2) is 25.4 Å². The molecule has 1 heterocycles. The first kappa shape index (κ1) is 15.3. The number of hydrogen-bond donors (Lipinski definition) is 1. The van der Waals surface area contributed by atoms with Crippen LogP contribution in [0.4, 0.5) is 0 Å². The van der Waals surface area contributed by atoms with Crippen LogP contribution in [-0.2, 0) is 9.84 Å². The minimum Gasteiger partial charge on any atom is -0.392 e. The second kappa shape index (κ2) is 5.86. The van der Waals surface area contributed by atoms with E-state index >= 15 is 0 Å². The van der Waals surface area contributed by atoms with Crippen LogP contribution in [0.1, 0.15) is 30.4 Å². The van der Waals surface area contributed by atoms with Gasteiger partial charge in [-0.05, 0) is 29.5 Å². The van der Waals surface area contributed by atoms with Crippen molar-refractivity contribution >= 4 is 9.84 Å². The Morgan fingerprint density at radius 2 is 1.68 bits per heavy atom. The van der Waals surface area contributed by atoms with Crippen molar-refractivity contribution in [3.8, 4) is 0 Å². The van der Waals surface area contributed by atoms with E-state index in [4.69, 9.17) is 0 Å². The Balaban J connectivity index is 2.25. The van der Waals surface area contributed by atoms with Gasteiger partial charge in [0.05, 0.1) is 16.8 Å². The Hall–Kier alpha value is -1.65. The molecule has 0 bridgehead atoms. The normalized spacial score (nSPS) is 26.9. The third kappa shape index (κ3) is 2.57. The average molecular weight is 316 g/mol. The Morgan fingerprint density at radius 1 is 1.05 bits per heavy atom. The lowest BCUT2D eigenvalue weighted by Crippen LogP contribution is -2.29. The second-order valence-electron chi connectivity index (χ2n) is 5.87. The predicted octanol–water partition coefficient (Wildman–Crippen LogP) is 2.99. The highest BCUT2D eigenvalue weighted by Crippen LogP contribution is 2.40. The molecular weight excluding hydrogens is 296 g/mol. The average Bonchev–Trinajstić information content (AvgIpc) is 2.62. The summed E-state index contributed by atoms with van der Waals surface area (Å²) >= 11 is 0. The number of fused-ring (bicyclic) bond motifs is 1. The number of hydrogen-bond acceptors (Lipinski definition) is 3. The van der Waals surface area contributed by atoms with Gasteiger partial charge in [-0.25, -0.2) is 8.42 Å². The molecule has 4 heteroatoms. The zero-order valence-corrected chi connectivity index (χ0v) is 13.3. The minimum atomic E-state index is -3.37. The fourth-order valence-corrected chi connectivity index (χ4v) is 5.36. The van der Waals surface area contributed by atoms with Crippen molar-refractivity contribution in [1.29, 1.82) is 0 Å². The van der Waals surface area contributed by atoms with Gasteiger partial charge < -0.3 is 5.11 Å². The first-order valence-electron chi connectivity index (χ1n) is 7.59. The van der Waals surface area contributed by atoms with Gasteiger partial charge in [-0.2, -0.15) is 0 Å². The number of aliphatic hydroxyl groups excluding tert-OH is 1. The minimum absolute atomic E-state index is 0.00497. The number of aliphatic hydroxyl groups is 1. The number of benzene rings is 2. The molecule has 0 unspecified atom stereocenters. The van der Waals surface area contributed by atoms with E-state index in [-0.39, 0.29) is 17.6 Å². The second-order valence-corrected chi connectivity index (χ2v) is 7.87. The van der Waals surface area contributed by atoms with Crippen LogP contribution in [0.2, 0.25) is 0 Å². The van der Waals surface area contributed by atoms with E-state index in [0.717, 1.165) is 5.56 Å². The summed E-state index contributed by atoms with van der Waals surface area (Å²) in [6, 6.07) is 16.7. The molecule has 0 saturated carbocycles. The maximum absolute atomic E-state index is 12.7. The summed E-state index contributed by atoms with van der Waals surface area (Å²) in [5.41, 5.74) is 1.66. The molecule has 0 spiro atoms. The lowest BCUT2D eigenvalue weighted by molar-refractivity contribution is 0.100. The van der Waals surface area contributed by atoms with E-state index < -0.39 is 15.9 Å². The fraction of sp³-hybridized carbons (Fsp3) is 0.333. The third-order valence-corrected chi connectivity index (χ3v) is 6.44. The molecule has 0 aromatic heterocycles. The first-order valence-corrected chi connectivity index (χ1v) is 9.24. The van der Waals surface area contributed by atoms with Crippen LogP contribution < -0.4 is 0 Å². The predicted molar refractivity (Wildman–Crippen MR) is 86.6 cm³/mol. The Morgan fingerprint density at radius 3 is 2.36 bits per heavy atom. The van der Waals surface area contributed by atoms with Crippen molar-refractivity contribution in [3.05, 3.63) is 65.7 Å². The van der Waals surface area contributed by atoms with Gasteiger partial charge in [0.2, 0.25) is 0 Å². The molecule has 0 saturated heterocycles. The molecule has 116 valence electrons. The molecule has 1 aliphatic rings. The van der Waals surface area contributed by atoms with Crippen molar-refractivity contribution < 1.29 is 13.5 Å². The fourth-order valence-electron chi connectivity index (χ4n) is 3.34. The topological polar surface area (TPSA) is 54.4 Å². The van der Waals surface area contributed by atoms with Gasteiger partial charge in [0.15, 0.2) is 9.84 Å². The highest BCUT2D eigenvalue weighted by atomic mass is 32.2. The number of sulfone groups is 1. The lowest BCUT2D eigenvalue weighted by Gasteiger charge is -2.27. The van der Waals surface area contributed by atoms with Crippen molar-refractivity contribution in [2.45, 2.75) is 30.3 Å². The molecule has 0 radical (unpaired) electrons. The molecule has 2 aromatic rings. The summed E-state index contributed by atoms with van der Waals surface area (Å²) < 4.78 is 25.3. The number of rotatable bonds is 2. The van der Waals surface area contributed by atoms with Gasteiger partial charge in [0.25, 0.3) is 0 Å². The van der Waals surface area contributed by atoms with E-state index in [1.165, 1.54) is 0 Å². The highest BCUT2D eigenvalue weighted by molar-refractivity contribution is 7.91. The molecule has 22 heavy (non-hydrogen) atoms. The quantitative estimate of drug-likeness (QED) is 0.926. The Labute approximate surface area is 131 Å². The van der Waals surface area contributed by atoms with Gasteiger partial charge >= 0.3 is 0 Å². The third-order valence-electron chi connectivity index (χ3n) is 4.53. The zero-order chi connectivity index (χ0) is 15.7. The summed E-state index contributed by atoms with van der Waals surface area (Å²) in [5, 5.41) is 10.9. The van der Waals surface area contributed by atoms with Crippen molar-refractivity contribution in [1.82, 2.24) is 0 Å². The van der Waals surface area contributed by atoms with Gasteiger partial charge in [0, 0.05) is 5.92 Å². The van der Waals surface area contributed by atoms with Crippen LogP contribution in [0.15, 0.2) is 59.5 Å². The van der Waals surface area contributed by atoms with E-state index in [2.05, 4.69) is 0 Å². The SMILES string of the molecule is CC[C@H]1CS(=O)(=O)c2ccccc2[C@@H](c2ccccc2)[C@@H]1O. The summed E-state index contributed by atoms with van der Waals surface area (Å²) in [7, 11) is -3.37. The summed E-state index contributed by atoms with van der Waals surface area (Å²) in [6.07, 6.45) is -0.0663. The van der Waals surface area contributed by atoms with E-state index in [0.29, 0.717) is 16.9 Å². The summed E-state index contributed by atoms with van der Waals surface area (Å²) in [5.74, 6) is -0.562. The Bertz CT molecular complexity index is 753. The molecule has 3 nitrogen and oxygen atoms in total. The van der Waals surface area contributed by atoms with Crippen molar-refractivity contribution in [2.24, 2.45) is 5.92 Å². The zero-order valence-electron chi connectivity index (χ0n) is 12.5. The van der Waals surface area contributed by atoms with Gasteiger partial charge in [-0.3, -0.25) is 0 Å².